The van der Waals surface area contributed by atoms with Crippen LogP contribution in [0.25, 0.3) is 0 Å². The molecule has 3 atom stereocenters. The van der Waals surface area contributed by atoms with Crippen molar-refractivity contribution >= 4 is 0 Å². The Balaban J connectivity index is 2.60. The Morgan fingerprint density at radius 2 is 2.08 bits per heavy atom. The Labute approximate surface area is 73.9 Å². The van der Waals surface area contributed by atoms with Crippen LogP contribution in [0.5, 0.6) is 0 Å². The van der Waals surface area contributed by atoms with Gasteiger partial charge in [0.05, 0.1) is 6.61 Å². The maximum absolute atomic E-state index is 9.13. The molecule has 0 aromatic rings. The standard InChI is InChI=1S/C10H18O2/c1-7-3-4-9(8(2)5-11)10(7)6-12/h7,9-12H,2-6H2,1H3/t7-,9-,10-/m1/s1. The van der Waals surface area contributed by atoms with E-state index in [2.05, 4.69) is 13.5 Å². The predicted octanol–water partition coefficient (Wildman–Crippen LogP) is 1.19. The summed E-state index contributed by atoms with van der Waals surface area (Å²) in [5, 5.41) is 18.0. The number of hydrogen-bond acceptors (Lipinski definition) is 2. The minimum Gasteiger partial charge on any atom is -0.396 e. The lowest BCUT2D eigenvalue weighted by molar-refractivity contribution is 0.171. The zero-order valence-electron chi connectivity index (χ0n) is 7.66. The van der Waals surface area contributed by atoms with Crippen molar-refractivity contribution in [1.82, 2.24) is 0 Å². The van der Waals surface area contributed by atoms with Gasteiger partial charge in [-0.2, -0.15) is 0 Å². The zero-order valence-corrected chi connectivity index (χ0v) is 7.66. The summed E-state index contributed by atoms with van der Waals surface area (Å²) >= 11 is 0. The lowest BCUT2D eigenvalue weighted by Crippen LogP contribution is -2.19. The van der Waals surface area contributed by atoms with Gasteiger partial charge in [0.1, 0.15) is 0 Å². The Bertz CT molecular complexity index is 165. The fourth-order valence-corrected chi connectivity index (χ4v) is 2.20. The monoisotopic (exact) mass is 170 g/mol. The van der Waals surface area contributed by atoms with Gasteiger partial charge < -0.3 is 10.2 Å². The Kier molecular flexibility index (Phi) is 3.29. The number of aliphatic hydroxyl groups is 2. The molecule has 0 aliphatic heterocycles. The summed E-state index contributed by atoms with van der Waals surface area (Å²) in [6.07, 6.45) is 2.22. The van der Waals surface area contributed by atoms with Crippen molar-refractivity contribution in [3.63, 3.8) is 0 Å². The third-order valence-electron chi connectivity index (χ3n) is 3.12. The number of hydrogen-bond donors (Lipinski definition) is 2. The first-order valence-corrected chi connectivity index (χ1v) is 4.60. The average molecular weight is 170 g/mol. The van der Waals surface area contributed by atoms with Gasteiger partial charge in [0.25, 0.3) is 0 Å². The van der Waals surface area contributed by atoms with Crippen LogP contribution in [0.2, 0.25) is 0 Å². The van der Waals surface area contributed by atoms with E-state index >= 15 is 0 Å². The second kappa shape index (κ2) is 4.06. The van der Waals surface area contributed by atoms with Gasteiger partial charge in [-0.05, 0) is 36.2 Å². The fraction of sp³-hybridized carbons (Fsp3) is 0.800. The molecule has 0 amide bonds. The minimum absolute atomic E-state index is 0.0634. The van der Waals surface area contributed by atoms with Crippen LogP contribution in [0.4, 0.5) is 0 Å². The van der Waals surface area contributed by atoms with Crippen molar-refractivity contribution < 1.29 is 10.2 Å². The largest absolute Gasteiger partial charge is 0.396 e. The van der Waals surface area contributed by atoms with E-state index in [-0.39, 0.29) is 13.2 Å². The molecule has 0 bridgehead atoms. The summed E-state index contributed by atoms with van der Waals surface area (Å²) in [6, 6.07) is 0. The highest BCUT2D eigenvalue weighted by Crippen LogP contribution is 2.39. The van der Waals surface area contributed by atoms with Crippen LogP contribution < -0.4 is 0 Å². The summed E-state index contributed by atoms with van der Waals surface area (Å²) in [7, 11) is 0. The first kappa shape index (κ1) is 9.75. The van der Waals surface area contributed by atoms with E-state index in [1.54, 1.807) is 0 Å². The molecule has 2 heteroatoms. The molecule has 1 rings (SSSR count). The topological polar surface area (TPSA) is 40.5 Å². The van der Waals surface area contributed by atoms with Crippen LogP contribution in [-0.2, 0) is 0 Å². The van der Waals surface area contributed by atoms with E-state index < -0.39 is 0 Å². The second-order valence-electron chi connectivity index (χ2n) is 3.82. The number of rotatable bonds is 3. The van der Waals surface area contributed by atoms with Crippen LogP contribution >= 0.6 is 0 Å². The highest BCUT2D eigenvalue weighted by Gasteiger charge is 2.33. The lowest BCUT2D eigenvalue weighted by atomic mass is 9.87. The summed E-state index contributed by atoms with van der Waals surface area (Å²) in [5.74, 6) is 1.24. The van der Waals surface area contributed by atoms with Gasteiger partial charge in [0, 0.05) is 6.61 Å². The van der Waals surface area contributed by atoms with Gasteiger partial charge in [0.15, 0.2) is 0 Å². The van der Waals surface area contributed by atoms with Crippen LogP contribution in [0.3, 0.4) is 0 Å². The highest BCUT2D eigenvalue weighted by atomic mass is 16.3. The first-order chi connectivity index (χ1) is 5.70. The van der Waals surface area contributed by atoms with Crippen molar-refractivity contribution in [2.24, 2.45) is 17.8 Å². The van der Waals surface area contributed by atoms with E-state index in [4.69, 9.17) is 10.2 Å². The maximum atomic E-state index is 9.13. The average Bonchev–Trinajstić information content (AvgIpc) is 2.45. The quantitative estimate of drug-likeness (QED) is 0.625. The predicted molar refractivity (Wildman–Crippen MR) is 48.7 cm³/mol. The Hall–Kier alpha value is -0.340. The molecule has 0 aromatic carbocycles. The molecule has 0 radical (unpaired) electrons. The molecular weight excluding hydrogens is 152 g/mol. The second-order valence-corrected chi connectivity index (χ2v) is 3.82. The van der Waals surface area contributed by atoms with Gasteiger partial charge in [0.2, 0.25) is 0 Å². The van der Waals surface area contributed by atoms with Gasteiger partial charge in [-0.3, -0.25) is 0 Å². The van der Waals surface area contributed by atoms with Gasteiger partial charge in [-0.25, -0.2) is 0 Å². The summed E-state index contributed by atoms with van der Waals surface area (Å²) in [5.41, 5.74) is 0.887. The molecule has 12 heavy (non-hydrogen) atoms. The molecule has 1 saturated carbocycles. The molecule has 0 saturated heterocycles. The zero-order chi connectivity index (χ0) is 9.14. The molecule has 0 unspecified atom stereocenters. The van der Waals surface area contributed by atoms with Crippen LogP contribution in [0, 0.1) is 17.8 Å². The summed E-state index contributed by atoms with van der Waals surface area (Å²) < 4.78 is 0. The van der Waals surface area contributed by atoms with E-state index in [1.807, 2.05) is 0 Å². The molecule has 0 aromatic heterocycles. The van der Waals surface area contributed by atoms with Crippen LogP contribution in [-0.4, -0.2) is 23.4 Å². The molecule has 2 N–H and O–H groups in total. The molecule has 0 heterocycles. The van der Waals surface area contributed by atoms with E-state index in [9.17, 15) is 0 Å². The highest BCUT2D eigenvalue weighted by molar-refractivity contribution is 5.06. The fourth-order valence-electron chi connectivity index (χ4n) is 2.20. The third-order valence-corrected chi connectivity index (χ3v) is 3.12. The van der Waals surface area contributed by atoms with Crippen LogP contribution in [0.1, 0.15) is 19.8 Å². The van der Waals surface area contributed by atoms with E-state index in [0.717, 1.165) is 18.4 Å². The maximum Gasteiger partial charge on any atom is 0.0641 e. The van der Waals surface area contributed by atoms with Crippen molar-refractivity contribution in [1.29, 1.82) is 0 Å². The first-order valence-electron chi connectivity index (χ1n) is 4.60. The van der Waals surface area contributed by atoms with Gasteiger partial charge in [-0.15, -0.1) is 0 Å². The van der Waals surface area contributed by atoms with Gasteiger partial charge >= 0.3 is 0 Å². The molecule has 1 fully saturated rings. The van der Waals surface area contributed by atoms with Crippen molar-refractivity contribution in [3.05, 3.63) is 12.2 Å². The summed E-state index contributed by atoms with van der Waals surface area (Å²) in [6.45, 7) is 6.28. The van der Waals surface area contributed by atoms with Crippen molar-refractivity contribution in [2.45, 2.75) is 19.8 Å². The normalized spacial score (nSPS) is 35.4. The smallest absolute Gasteiger partial charge is 0.0641 e. The summed E-state index contributed by atoms with van der Waals surface area (Å²) in [4.78, 5) is 0. The molecular formula is C10H18O2. The van der Waals surface area contributed by atoms with Crippen molar-refractivity contribution in [2.75, 3.05) is 13.2 Å². The van der Waals surface area contributed by atoms with Gasteiger partial charge in [-0.1, -0.05) is 13.5 Å². The lowest BCUT2D eigenvalue weighted by Gasteiger charge is -2.21. The molecule has 70 valence electrons. The molecule has 0 spiro atoms. The molecule has 1 aliphatic rings. The minimum atomic E-state index is 0.0634. The van der Waals surface area contributed by atoms with E-state index in [0.29, 0.717) is 17.8 Å². The molecule has 1 aliphatic carbocycles. The Morgan fingerprint density at radius 1 is 1.42 bits per heavy atom. The third kappa shape index (κ3) is 1.70. The SMILES string of the molecule is C=C(CO)[C@H]1CC[C@@H](C)[C@H]1CO. The number of aliphatic hydroxyl groups excluding tert-OH is 2. The van der Waals surface area contributed by atoms with Crippen LogP contribution in [0.15, 0.2) is 12.2 Å². The van der Waals surface area contributed by atoms with Crippen molar-refractivity contribution in [3.8, 4) is 0 Å². The Morgan fingerprint density at radius 3 is 2.58 bits per heavy atom. The van der Waals surface area contributed by atoms with E-state index in [1.165, 1.54) is 0 Å². The molecule has 2 nitrogen and oxygen atoms in total.